The Morgan fingerprint density at radius 2 is 1.80 bits per heavy atom. The lowest BCUT2D eigenvalue weighted by Crippen LogP contribution is -1.82. The van der Waals surface area contributed by atoms with Crippen molar-refractivity contribution in [1.82, 2.24) is 10.2 Å². The lowest BCUT2D eigenvalue weighted by atomic mass is 10.1. The summed E-state index contributed by atoms with van der Waals surface area (Å²) in [5.41, 5.74) is 4.06. The van der Waals surface area contributed by atoms with Crippen LogP contribution in [0.1, 0.15) is 0 Å². The summed E-state index contributed by atoms with van der Waals surface area (Å²) in [7, 11) is 1.66. The van der Waals surface area contributed by atoms with Crippen molar-refractivity contribution in [3.63, 3.8) is 0 Å². The summed E-state index contributed by atoms with van der Waals surface area (Å²) in [6, 6.07) is 18.0. The van der Waals surface area contributed by atoms with E-state index in [4.69, 9.17) is 4.74 Å². The zero-order valence-electron chi connectivity index (χ0n) is 10.9. The lowest BCUT2D eigenvalue weighted by Gasteiger charge is -2.00. The van der Waals surface area contributed by atoms with Crippen molar-refractivity contribution in [2.75, 3.05) is 7.11 Å². The molecule has 0 radical (unpaired) electrons. The van der Waals surface area contributed by atoms with Crippen LogP contribution in [0.2, 0.25) is 0 Å². The van der Waals surface area contributed by atoms with E-state index in [9.17, 15) is 0 Å². The summed E-state index contributed by atoms with van der Waals surface area (Å²) >= 11 is 3.55. The van der Waals surface area contributed by atoms with E-state index in [2.05, 4.69) is 32.2 Å². The van der Waals surface area contributed by atoms with Crippen LogP contribution < -0.4 is 4.74 Å². The topological polar surface area (TPSA) is 37.9 Å². The number of benzene rings is 2. The first-order valence-electron chi connectivity index (χ1n) is 6.22. The molecule has 0 atom stereocenters. The van der Waals surface area contributed by atoms with Crippen molar-refractivity contribution in [3.05, 3.63) is 59.1 Å². The third-order valence-corrected chi connectivity index (χ3v) is 3.82. The van der Waals surface area contributed by atoms with E-state index >= 15 is 0 Å². The fraction of sp³-hybridized carbons (Fsp3) is 0.0625. The Bertz CT molecular complexity index is 719. The summed E-state index contributed by atoms with van der Waals surface area (Å²) in [4.78, 5) is 0. The maximum Gasteiger partial charge on any atom is 0.118 e. The third kappa shape index (κ3) is 2.47. The highest BCUT2D eigenvalue weighted by atomic mass is 79.9. The molecular formula is C16H13BrN2O. The Morgan fingerprint density at radius 3 is 2.50 bits per heavy atom. The molecule has 0 aliphatic rings. The van der Waals surface area contributed by atoms with Gasteiger partial charge in [0.05, 0.1) is 18.5 Å². The number of methoxy groups -OCH3 is 1. The number of aromatic amines is 1. The number of rotatable bonds is 3. The lowest BCUT2D eigenvalue weighted by molar-refractivity contribution is 0.415. The molecule has 3 aromatic rings. The molecule has 20 heavy (non-hydrogen) atoms. The van der Waals surface area contributed by atoms with Crippen LogP contribution in [0.3, 0.4) is 0 Å². The predicted molar refractivity (Wildman–Crippen MR) is 83.7 cm³/mol. The maximum absolute atomic E-state index is 5.16. The van der Waals surface area contributed by atoms with E-state index in [1.54, 1.807) is 7.11 Å². The highest BCUT2D eigenvalue weighted by molar-refractivity contribution is 9.10. The summed E-state index contributed by atoms with van der Waals surface area (Å²) < 4.78 is 6.21. The first-order chi connectivity index (χ1) is 9.78. The van der Waals surface area contributed by atoms with Crippen LogP contribution in [-0.2, 0) is 0 Å². The number of halogens is 1. The van der Waals surface area contributed by atoms with Gasteiger partial charge in [-0.25, -0.2) is 0 Å². The van der Waals surface area contributed by atoms with E-state index < -0.39 is 0 Å². The molecule has 0 bridgehead atoms. The van der Waals surface area contributed by atoms with Gasteiger partial charge in [0, 0.05) is 15.6 Å². The minimum Gasteiger partial charge on any atom is -0.497 e. The SMILES string of the molecule is COc1ccc(-c2cc(-c3ccccc3Br)[nH]n2)cc1. The van der Waals surface area contributed by atoms with Crippen LogP contribution in [-0.4, -0.2) is 17.3 Å². The summed E-state index contributed by atoms with van der Waals surface area (Å²) in [6.07, 6.45) is 0. The fourth-order valence-corrected chi connectivity index (χ4v) is 2.55. The highest BCUT2D eigenvalue weighted by Crippen LogP contribution is 2.29. The summed E-state index contributed by atoms with van der Waals surface area (Å²) in [5.74, 6) is 0.843. The summed E-state index contributed by atoms with van der Waals surface area (Å²) in [6.45, 7) is 0. The zero-order valence-corrected chi connectivity index (χ0v) is 12.5. The van der Waals surface area contributed by atoms with E-state index in [-0.39, 0.29) is 0 Å². The van der Waals surface area contributed by atoms with Gasteiger partial charge in [0.2, 0.25) is 0 Å². The standard InChI is InChI=1S/C16H13BrN2O/c1-20-12-8-6-11(7-9-12)15-10-16(19-18-15)13-4-2-3-5-14(13)17/h2-10H,1H3,(H,18,19). The van der Waals surface area contributed by atoms with Gasteiger partial charge in [-0.3, -0.25) is 5.10 Å². The molecule has 0 aliphatic heterocycles. The van der Waals surface area contributed by atoms with Crippen LogP contribution in [0.5, 0.6) is 5.75 Å². The van der Waals surface area contributed by atoms with Gasteiger partial charge < -0.3 is 4.74 Å². The third-order valence-electron chi connectivity index (χ3n) is 3.13. The number of nitrogens with one attached hydrogen (secondary N) is 1. The van der Waals surface area contributed by atoms with E-state index in [0.29, 0.717) is 0 Å². The second-order valence-corrected chi connectivity index (χ2v) is 5.23. The molecule has 0 amide bonds. The minimum atomic E-state index is 0.843. The average Bonchev–Trinajstić information content (AvgIpc) is 2.97. The monoisotopic (exact) mass is 328 g/mol. The van der Waals surface area contributed by atoms with Gasteiger partial charge in [-0.2, -0.15) is 5.10 Å². The van der Waals surface area contributed by atoms with Gasteiger partial charge in [-0.1, -0.05) is 34.1 Å². The number of hydrogen-bond acceptors (Lipinski definition) is 2. The van der Waals surface area contributed by atoms with Gasteiger partial charge in [0.15, 0.2) is 0 Å². The molecule has 0 aliphatic carbocycles. The van der Waals surface area contributed by atoms with Gasteiger partial charge in [-0.15, -0.1) is 0 Å². The predicted octanol–water partition coefficient (Wildman–Crippen LogP) is 4.51. The van der Waals surface area contributed by atoms with Gasteiger partial charge in [-0.05, 0) is 36.4 Å². The second-order valence-electron chi connectivity index (χ2n) is 4.38. The number of aromatic nitrogens is 2. The van der Waals surface area contributed by atoms with E-state index in [1.165, 1.54) is 0 Å². The van der Waals surface area contributed by atoms with Crippen LogP contribution >= 0.6 is 15.9 Å². The highest BCUT2D eigenvalue weighted by Gasteiger charge is 2.08. The van der Waals surface area contributed by atoms with Gasteiger partial charge in [0.25, 0.3) is 0 Å². The molecule has 1 aromatic heterocycles. The number of nitrogens with zero attached hydrogens (tertiary/aromatic N) is 1. The number of ether oxygens (including phenoxy) is 1. The molecule has 3 rings (SSSR count). The Kier molecular flexibility index (Phi) is 3.56. The quantitative estimate of drug-likeness (QED) is 0.767. The molecule has 100 valence electrons. The molecule has 0 saturated heterocycles. The fourth-order valence-electron chi connectivity index (χ4n) is 2.05. The maximum atomic E-state index is 5.16. The van der Waals surface area contributed by atoms with E-state index in [1.807, 2.05) is 48.5 Å². The molecule has 2 aromatic carbocycles. The average molecular weight is 329 g/mol. The molecule has 4 heteroatoms. The number of H-pyrrole nitrogens is 1. The van der Waals surface area contributed by atoms with Crippen molar-refractivity contribution in [2.24, 2.45) is 0 Å². The van der Waals surface area contributed by atoms with Gasteiger partial charge >= 0.3 is 0 Å². The Balaban J connectivity index is 1.95. The first kappa shape index (κ1) is 12.9. The second kappa shape index (κ2) is 5.51. The Labute approximate surface area is 125 Å². The molecule has 1 N–H and O–H groups in total. The minimum absolute atomic E-state index is 0.843. The number of hydrogen-bond donors (Lipinski definition) is 1. The van der Waals surface area contributed by atoms with Crippen molar-refractivity contribution in [3.8, 4) is 28.3 Å². The van der Waals surface area contributed by atoms with Crippen molar-refractivity contribution in [1.29, 1.82) is 0 Å². The normalized spacial score (nSPS) is 10.5. The largest absolute Gasteiger partial charge is 0.497 e. The summed E-state index contributed by atoms with van der Waals surface area (Å²) in [5, 5.41) is 7.45. The molecule has 3 nitrogen and oxygen atoms in total. The molecule has 1 heterocycles. The van der Waals surface area contributed by atoms with Crippen LogP contribution in [0.25, 0.3) is 22.5 Å². The molecule has 0 unspecified atom stereocenters. The van der Waals surface area contributed by atoms with Crippen molar-refractivity contribution in [2.45, 2.75) is 0 Å². The molecule has 0 fully saturated rings. The smallest absolute Gasteiger partial charge is 0.118 e. The molecular weight excluding hydrogens is 316 g/mol. The van der Waals surface area contributed by atoms with Crippen molar-refractivity contribution >= 4 is 15.9 Å². The van der Waals surface area contributed by atoms with Crippen molar-refractivity contribution < 1.29 is 4.74 Å². The van der Waals surface area contributed by atoms with Crippen LogP contribution in [0.4, 0.5) is 0 Å². The zero-order chi connectivity index (χ0) is 13.9. The Morgan fingerprint density at radius 1 is 1.05 bits per heavy atom. The Hall–Kier alpha value is -2.07. The molecule has 0 spiro atoms. The van der Waals surface area contributed by atoms with E-state index in [0.717, 1.165) is 32.7 Å². The van der Waals surface area contributed by atoms with Crippen LogP contribution in [0, 0.1) is 0 Å². The van der Waals surface area contributed by atoms with Crippen LogP contribution in [0.15, 0.2) is 59.1 Å². The first-order valence-corrected chi connectivity index (χ1v) is 7.02. The van der Waals surface area contributed by atoms with Gasteiger partial charge in [0.1, 0.15) is 5.75 Å². The molecule has 0 saturated carbocycles.